The van der Waals surface area contributed by atoms with Crippen LogP contribution in [0.2, 0.25) is 0 Å². The van der Waals surface area contributed by atoms with Crippen LogP contribution in [0.3, 0.4) is 0 Å². The van der Waals surface area contributed by atoms with Gasteiger partial charge in [-0.2, -0.15) is 0 Å². The lowest BCUT2D eigenvalue weighted by atomic mass is 9.81. The molecule has 0 aromatic carbocycles. The molecule has 0 rings (SSSR count). The van der Waals surface area contributed by atoms with E-state index in [-0.39, 0.29) is 0 Å². The Kier molecular flexibility index (Phi) is 26.3. The molecule has 0 aromatic rings. The highest BCUT2D eigenvalue weighted by molar-refractivity contribution is 4.68. The molecule has 0 nitrogen and oxygen atoms in total. The van der Waals surface area contributed by atoms with Crippen molar-refractivity contribution in [1.29, 1.82) is 0 Å². The Morgan fingerprint density at radius 1 is 0.323 bits per heavy atom. The highest BCUT2D eigenvalue weighted by Crippen LogP contribution is 2.29. The normalized spacial score (nSPS) is 13.5. The molecule has 0 amide bonds. The Labute approximate surface area is 200 Å². The Hall–Kier alpha value is 0. The minimum Gasteiger partial charge on any atom is -0.0654 e. The van der Waals surface area contributed by atoms with Gasteiger partial charge in [-0.05, 0) is 11.8 Å². The molecule has 0 fully saturated rings. The van der Waals surface area contributed by atoms with E-state index < -0.39 is 0 Å². The minimum atomic E-state index is 0.959. The molecule has 0 radical (unpaired) electrons. The molecule has 0 heterocycles. The largest absolute Gasteiger partial charge is 0.0654 e. The average molecular weight is 437 g/mol. The first-order valence-electron chi connectivity index (χ1n) is 15.3. The van der Waals surface area contributed by atoms with Crippen molar-refractivity contribution < 1.29 is 0 Å². The molecular weight excluding hydrogens is 372 g/mol. The summed E-state index contributed by atoms with van der Waals surface area (Å²) < 4.78 is 0. The summed E-state index contributed by atoms with van der Waals surface area (Å²) in [5.41, 5.74) is 0. The summed E-state index contributed by atoms with van der Waals surface area (Å²) in [5.74, 6) is 1.97. The van der Waals surface area contributed by atoms with Gasteiger partial charge in [0.2, 0.25) is 0 Å². The average Bonchev–Trinajstić information content (AvgIpc) is 2.78. The quantitative estimate of drug-likeness (QED) is 0.118. The summed E-state index contributed by atoms with van der Waals surface area (Å²) in [6.07, 6.45) is 36.6. The van der Waals surface area contributed by atoms with Gasteiger partial charge < -0.3 is 0 Å². The van der Waals surface area contributed by atoms with Crippen molar-refractivity contribution in [2.45, 2.75) is 188 Å². The lowest BCUT2D eigenvalue weighted by Crippen LogP contribution is -2.12. The molecule has 0 spiro atoms. The van der Waals surface area contributed by atoms with Gasteiger partial charge in [-0.15, -0.1) is 0 Å². The van der Waals surface area contributed by atoms with Crippen LogP contribution in [0.4, 0.5) is 0 Å². The van der Waals surface area contributed by atoms with Gasteiger partial charge in [0.25, 0.3) is 0 Å². The fourth-order valence-electron chi connectivity index (χ4n) is 5.28. The van der Waals surface area contributed by atoms with Gasteiger partial charge in [0.1, 0.15) is 0 Å². The van der Waals surface area contributed by atoms with E-state index in [1.165, 1.54) is 161 Å². The van der Waals surface area contributed by atoms with Crippen LogP contribution in [0.15, 0.2) is 0 Å². The summed E-state index contributed by atoms with van der Waals surface area (Å²) in [4.78, 5) is 0. The molecular formula is C31H64. The zero-order valence-corrected chi connectivity index (χ0v) is 22.8. The van der Waals surface area contributed by atoms with Crippen molar-refractivity contribution in [1.82, 2.24) is 0 Å². The third-order valence-corrected chi connectivity index (χ3v) is 7.67. The van der Waals surface area contributed by atoms with Gasteiger partial charge in [-0.3, -0.25) is 0 Å². The number of rotatable bonds is 26. The second-order valence-electron chi connectivity index (χ2n) is 10.8. The molecule has 0 aromatic heterocycles. The molecule has 31 heavy (non-hydrogen) atoms. The van der Waals surface area contributed by atoms with Gasteiger partial charge in [0.05, 0.1) is 0 Å². The van der Waals surface area contributed by atoms with E-state index in [0.29, 0.717) is 0 Å². The highest BCUT2D eigenvalue weighted by Gasteiger charge is 2.16. The monoisotopic (exact) mass is 437 g/mol. The molecule has 0 aliphatic carbocycles. The van der Waals surface area contributed by atoms with Crippen LogP contribution < -0.4 is 0 Å². The van der Waals surface area contributed by atoms with Crippen LogP contribution in [-0.4, -0.2) is 0 Å². The minimum absolute atomic E-state index is 0.959. The van der Waals surface area contributed by atoms with Gasteiger partial charge in [-0.1, -0.05) is 188 Å². The van der Waals surface area contributed by atoms with Crippen molar-refractivity contribution in [3.63, 3.8) is 0 Å². The zero-order chi connectivity index (χ0) is 22.8. The van der Waals surface area contributed by atoms with Crippen LogP contribution in [0, 0.1) is 11.8 Å². The van der Waals surface area contributed by atoms with E-state index in [2.05, 4.69) is 27.7 Å². The predicted molar refractivity (Wildman–Crippen MR) is 145 cm³/mol. The summed E-state index contributed by atoms with van der Waals surface area (Å²) >= 11 is 0. The third kappa shape index (κ3) is 23.0. The van der Waals surface area contributed by atoms with E-state index in [9.17, 15) is 0 Å². The van der Waals surface area contributed by atoms with Crippen molar-refractivity contribution in [2.24, 2.45) is 11.8 Å². The second-order valence-corrected chi connectivity index (χ2v) is 10.8. The Morgan fingerprint density at radius 2 is 0.581 bits per heavy atom. The van der Waals surface area contributed by atoms with Crippen molar-refractivity contribution in [3.05, 3.63) is 0 Å². The zero-order valence-electron chi connectivity index (χ0n) is 22.8. The first kappa shape index (κ1) is 31.0. The number of hydrogen-bond acceptors (Lipinski definition) is 0. The summed E-state index contributed by atoms with van der Waals surface area (Å²) in [6, 6.07) is 0. The standard InChI is InChI=1S/C31H64/c1-5-8-11-14-17-20-23-26-29-31(28-25-22-19-16-13-10-7-3)30(4)27-24-21-18-15-12-9-6-2/h30-31H,5-29H2,1-4H3. The molecule has 2 atom stereocenters. The number of hydrogen-bond donors (Lipinski definition) is 0. The Balaban J connectivity index is 4.02. The maximum Gasteiger partial charge on any atom is -0.0388 e. The lowest BCUT2D eigenvalue weighted by Gasteiger charge is -2.24. The first-order chi connectivity index (χ1) is 15.3. The van der Waals surface area contributed by atoms with E-state index in [0.717, 1.165) is 11.8 Å². The molecule has 0 saturated carbocycles. The molecule has 188 valence electrons. The van der Waals surface area contributed by atoms with Crippen LogP contribution in [0.1, 0.15) is 188 Å². The van der Waals surface area contributed by atoms with E-state index in [4.69, 9.17) is 0 Å². The van der Waals surface area contributed by atoms with Gasteiger partial charge >= 0.3 is 0 Å². The molecule has 0 heteroatoms. The van der Waals surface area contributed by atoms with E-state index in [1.807, 2.05) is 0 Å². The fourth-order valence-corrected chi connectivity index (χ4v) is 5.28. The van der Waals surface area contributed by atoms with Crippen LogP contribution in [0.5, 0.6) is 0 Å². The molecule has 0 bridgehead atoms. The Morgan fingerprint density at radius 3 is 0.903 bits per heavy atom. The van der Waals surface area contributed by atoms with Crippen LogP contribution >= 0.6 is 0 Å². The van der Waals surface area contributed by atoms with E-state index >= 15 is 0 Å². The maximum absolute atomic E-state index is 2.59. The summed E-state index contributed by atoms with van der Waals surface area (Å²) in [7, 11) is 0. The Bertz CT molecular complexity index is 307. The van der Waals surface area contributed by atoms with Gasteiger partial charge in [-0.25, -0.2) is 0 Å². The predicted octanol–water partition coefficient (Wildman–Crippen LogP) is 12.1. The van der Waals surface area contributed by atoms with Crippen LogP contribution in [0.25, 0.3) is 0 Å². The van der Waals surface area contributed by atoms with Crippen molar-refractivity contribution >= 4 is 0 Å². The SMILES string of the molecule is CCCCCCCCCCC(CCCCCCCCC)C(C)CCCCCCCCC. The van der Waals surface area contributed by atoms with E-state index in [1.54, 1.807) is 0 Å². The smallest absolute Gasteiger partial charge is 0.0388 e. The first-order valence-corrected chi connectivity index (χ1v) is 15.3. The van der Waals surface area contributed by atoms with Crippen LogP contribution in [-0.2, 0) is 0 Å². The molecule has 0 aliphatic rings. The topological polar surface area (TPSA) is 0 Å². The van der Waals surface area contributed by atoms with Gasteiger partial charge in [0, 0.05) is 0 Å². The lowest BCUT2D eigenvalue weighted by molar-refractivity contribution is 0.274. The van der Waals surface area contributed by atoms with Crippen molar-refractivity contribution in [2.75, 3.05) is 0 Å². The summed E-state index contributed by atoms with van der Waals surface area (Å²) in [6.45, 7) is 9.55. The molecule has 0 aliphatic heterocycles. The highest BCUT2D eigenvalue weighted by atomic mass is 14.2. The van der Waals surface area contributed by atoms with Gasteiger partial charge in [0.15, 0.2) is 0 Å². The third-order valence-electron chi connectivity index (χ3n) is 7.67. The molecule has 0 saturated heterocycles. The molecule has 2 unspecified atom stereocenters. The number of unbranched alkanes of at least 4 members (excludes halogenated alkanes) is 19. The van der Waals surface area contributed by atoms with Crippen molar-refractivity contribution in [3.8, 4) is 0 Å². The fraction of sp³-hybridized carbons (Fsp3) is 1.00. The second kappa shape index (κ2) is 26.3. The maximum atomic E-state index is 2.59. The summed E-state index contributed by atoms with van der Waals surface area (Å²) in [5, 5.41) is 0. The molecule has 0 N–H and O–H groups in total.